The Hall–Kier alpha value is -2.98. The van der Waals surface area contributed by atoms with E-state index >= 15 is 0 Å². The summed E-state index contributed by atoms with van der Waals surface area (Å²) >= 11 is 0. The zero-order valence-corrected chi connectivity index (χ0v) is 66.1. The third-order valence-electron chi connectivity index (χ3n) is 18.1. The highest BCUT2D eigenvalue weighted by atomic mass is 31.2. The third kappa shape index (κ3) is 72.0. The quantitative estimate of drug-likeness (QED) is 0.0169. The van der Waals surface area contributed by atoms with Crippen LogP contribution < -0.4 is 0 Å². The van der Waals surface area contributed by atoms with Gasteiger partial charge in [0.1, 0.15) is 19.3 Å². The molecule has 0 radical (unpaired) electrons. The maximum Gasteiger partial charge on any atom is 0.472 e. The minimum atomic E-state index is -4.97. The predicted octanol–water partition coefficient (Wildman–Crippen LogP) is 23.5. The van der Waals surface area contributed by atoms with Crippen LogP contribution >= 0.6 is 15.6 Å². The lowest BCUT2D eigenvalue weighted by molar-refractivity contribution is -0.161. The van der Waals surface area contributed by atoms with E-state index in [1.165, 1.54) is 167 Å². The normalized spacial score (nSPS) is 14.4. The third-order valence-corrected chi connectivity index (χ3v) is 20.0. The van der Waals surface area contributed by atoms with Gasteiger partial charge in [0.2, 0.25) is 0 Å². The molecule has 0 aliphatic carbocycles. The molecule has 0 spiro atoms. The van der Waals surface area contributed by atoms with Crippen molar-refractivity contribution in [1.82, 2.24) is 0 Å². The Kier molecular flexibility index (Phi) is 70.8. The first-order valence-electron chi connectivity index (χ1n) is 40.8. The molecule has 0 aliphatic rings. The molecule has 0 saturated heterocycles. The van der Waals surface area contributed by atoms with Crippen LogP contribution in [0.15, 0.2) is 48.6 Å². The van der Waals surface area contributed by atoms with Crippen LogP contribution in [-0.4, -0.2) is 96.7 Å². The van der Waals surface area contributed by atoms with Crippen molar-refractivity contribution in [2.75, 3.05) is 39.6 Å². The Bertz CT molecular complexity index is 2100. The zero-order valence-electron chi connectivity index (χ0n) is 64.3. The van der Waals surface area contributed by atoms with Crippen LogP contribution in [0, 0.1) is 5.92 Å². The van der Waals surface area contributed by atoms with Crippen molar-refractivity contribution in [2.24, 2.45) is 5.92 Å². The molecule has 586 valence electrons. The molecule has 6 atom stereocenters. The van der Waals surface area contributed by atoms with E-state index in [0.29, 0.717) is 25.7 Å². The minimum Gasteiger partial charge on any atom is -0.462 e. The van der Waals surface area contributed by atoms with Gasteiger partial charge in [-0.1, -0.05) is 327 Å². The Balaban J connectivity index is 5.30. The summed E-state index contributed by atoms with van der Waals surface area (Å²) in [7, 11) is -9.94. The fourth-order valence-corrected chi connectivity index (χ4v) is 13.1. The lowest BCUT2D eigenvalue weighted by atomic mass is 10.00. The highest BCUT2D eigenvalue weighted by molar-refractivity contribution is 7.47. The molecule has 0 aromatic carbocycles. The van der Waals surface area contributed by atoms with Crippen LogP contribution in [0.2, 0.25) is 0 Å². The number of carbonyl (C=O) groups excluding carboxylic acids is 4. The van der Waals surface area contributed by atoms with E-state index in [4.69, 9.17) is 37.0 Å². The molecule has 0 amide bonds. The van der Waals surface area contributed by atoms with Crippen molar-refractivity contribution >= 4 is 39.5 Å². The van der Waals surface area contributed by atoms with Crippen molar-refractivity contribution in [3.05, 3.63) is 48.6 Å². The van der Waals surface area contributed by atoms with Crippen molar-refractivity contribution < 1.29 is 80.2 Å². The summed E-state index contributed by atoms with van der Waals surface area (Å²) < 4.78 is 68.6. The van der Waals surface area contributed by atoms with Gasteiger partial charge in [-0.25, -0.2) is 9.13 Å². The van der Waals surface area contributed by atoms with E-state index in [2.05, 4.69) is 83.2 Å². The molecule has 3 N–H and O–H groups in total. The van der Waals surface area contributed by atoms with Gasteiger partial charge in [0.15, 0.2) is 12.2 Å². The number of esters is 4. The number of rotatable bonds is 77. The molecule has 0 heterocycles. The topological polar surface area (TPSA) is 237 Å². The number of unbranched alkanes of at least 4 members (excludes halogenated alkanes) is 42. The first-order valence-corrected chi connectivity index (χ1v) is 43.8. The number of phosphoric ester groups is 2. The number of allylic oxidation sites excluding steroid dienone is 8. The van der Waals surface area contributed by atoms with Crippen LogP contribution in [-0.2, 0) is 65.4 Å². The smallest absolute Gasteiger partial charge is 0.462 e. The maximum absolute atomic E-state index is 13.1. The monoisotopic (exact) mass is 1460 g/mol. The molecule has 19 heteroatoms. The van der Waals surface area contributed by atoms with E-state index < -0.39 is 97.5 Å². The van der Waals surface area contributed by atoms with E-state index in [-0.39, 0.29) is 25.7 Å². The van der Waals surface area contributed by atoms with Crippen LogP contribution in [0.4, 0.5) is 0 Å². The second kappa shape index (κ2) is 72.9. The van der Waals surface area contributed by atoms with Crippen molar-refractivity contribution in [3.63, 3.8) is 0 Å². The van der Waals surface area contributed by atoms with Gasteiger partial charge in [-0.3, -0.25) is 37.3 Å². The first kappa shape index (κ1) is 97.0. The molecule has 0 aliphatic heterocycles. The van der Waals surface area contributed by atoms with Gasteiger partial charge in [-0.15, -0.1) is 0 Å². The van der Waals surface area contributed by atoms with Gasteiger partial charge in [-0.05, 0) is 83.0 Å². The number of hydrogen-bond acceptors (Lipinski definition) is 15. The van der Waals surface area contributed by atoms with Crippen molar-refractivity contribution in [3.8, 4) is 0 Å². The van der Waals surface area contributed by atoms with Gasteiger partial charge in [0.05, 0.1) is 26.4 Å². The number of aliphatic hydroxyl groups is 1. The summed E-state index contributed by atoms with van der Waals surface area (Å²) in [6, 6.07) is 0. The van der Waals surface area contributed by atoms with Crippen molar-refractivity contribution in [1.29, 1.82) is 0 Å². The number of hydrogen-bond donors (Lipinski definition) is 3. The molecule has 0 saturated carbocycles. The number of ether oxygens (including phenoxy) is 4. The first-order chi connectivity index (χ1) is 48.6. The van der Waals surface area contributed by atoms with Crippen LogP contribution in [0.3, 0.4) is 0 Å². The van der Waals surface area contributed by atoms with E-state index in [9.17, 15) is 43.2 Å². The summed E-state index contributed by atoms with van der Waals surface area (Å²) in [5.74, 6) is -1.45. The molecule has 0 fully saturated rings. The number of aliphatic hydroxyl groups excluding tert-OH is 1. The molecular formula is C81H150O17P2. The molecule has 0 aromatic rings. The molecule has 0 rings (SSSR count). The highest BCUT2D eigenvalue weighted by Gasteiger charge is 2.30. The minimum absolute atomic E-state index is 0.0821. The Morgan fingerprint density at radius 3 is 0.850 bits per heavy atom. The molecular weight excluding hydrogens is 1310 g/mol. The summed E-state index contributed by atoms with van der Waals surface area (Å²) in [5.41, 5.74) is 0. The fraction of sp³-hybridized carbons (Fsp3) is 0.852. The SMILES string of the molecule is CCCCCC/C=C\C=C/CCCCCCCC(=O)OC[C@H](COP(=O)(O)OC[C@@H](O)COP(=O)(O)OC[C@@H](COC(=O)CCCCCCCCC(C)CC)OC(=O)CCCCCCC/C=C\C=C/CCCCCC)OC(=O)CCCCCCCCCCCCCCCCCCCCCC. The lowest BCUT2D eigenvalue weighted by Crippen LogP contribution is -2.30. The fourth-order valence-electron chi connectivity index (χ4n) is 11.5. The van der Waals surface area contributed by atoms with Gasteiger partial charge in [0.25, 0.3) is 0 Å². The average Bonchev–Trinajstić information content (AvgIpc) is 0.964. The van der Waals surface area contributed by atoms with E-state index in [0.717, 1.165) is 134 Å². The molecule has 0 aromatic heterocycles. The maximum atomic E-state index is 13.1. The van der Waals surface area contributed by atoms with Crippen LogP contribution in [0.1, 0.15) is 381 Å². The largest absolute Gasteiger partial charge is 0.472 e. The van der Waals surface area contributed by atoms with Crippen LogP contribution in [0.25, 0.3) is 0 Å². The number of carbonyl (C=O) groups is 4. The molecule has 17 nitrogen and oxygen atoms in total. The Morgan fingerprint density at radius 2 is 0.560 bits per heavy atom. The van der Waals surface area contributed by atoms with Gasteiger partial charge < -0.3 is 33.8 Å². The Labute approximate surface area is 610 Å². The zero-order chi connectivity index (χ0) is 73.4. The lowest BCUT2D eigenvalue weighted by Gasteiger charge is -2.21. The van der Waals surface area contributed by atoms with Crippen molar-refractivity contribution in [2.45, 2.75) is 400 Å². The predicted molar refractivity (Wildman–Crippen MR) is 409 cm³/mol. The van der Waals surface area contributed by atoms with E-state index in [1.54, 1.807) is 0 Å². The second-order valence-electron chi connectivity index (χ2n) is 28.0. The summed E-state index contributed by atoms with van der Waals surface area (Å²) in [5, 5.41) is 10.6. The summed E-state index contributed by atoms with van der Waals surface area (Å²) in [6.45, 7) is 7.14. The van der Waals surface area contributed by atoms with Gasteiger partial charge in [-0.2, -0.15) is 0 Å². The second-order valence-corrected chi connectivity index (χ2v) is 30.9. The Morgan fingerprint density at radius 1 is 0.320 bits per heavy atom. The molecule has 100 heavy (non-hydrogen) atoms. The number of phosphoric acid groups is 2. The van der Waals surface area contributed by atoms with Crippen LogP contribution in [0.5, 0.6) is 0 Å². The highest BCUT2D eigenvalue weighted by Crippen LogP contribution is 2.45. The summed E-state index contributed by atoms with van der Waals surface area (Å²) in [4.78, 5) is 72.9. The molecule has 0 bridgehead atoms. The van der Waals surface area contributed by atoms with Gasteiger partial charge >= 0.3 is 39.5 Å². The van der Waals surface area contributed by atoms with E-state index in [1.807, 2.05) is 0 Å². The van der Waals surface area contributed by atoms with Gasteiger partial charge in [0, 0.05) is 25.7 Å². The standard InChI is InChI=1S/C81H150O17P2/c1-6-10-13-16-19-22-25-28-31-32-33-34-35-38-41-44-47-50-57-62-66-80(85)97-76(70-91-78(83)64-59-54-48-45-42-39-36-29-26-23-20-17-14-11-7-2)72-95-99(87,88)93-68-75(82)69-94-100(89,90)96-73-77(71-92-79(84)65-60-55-52-51-53-58-63-74(5)9-4)98-81(86)67-61-56-49-46-43-40-37-30-27-24-21-18-15-12-8-3/h23-24,26-27,29-30,36-37,74-77,82H,6-22,25,28,31-35,38-73H2,1-5H3,(H,87,88)(H,89,90)/b26-23-,27-24-,36-29-,37-30-/t74?,75-,76-,77-/m1/s1. The average molecular weight is 1460 g/mol. The molecule has 3 unspecified atom stereocenters. The summed E-state index contributed by atoms with van der Waals surface area (Å²) in [6.07, 6.45) is 69.7.